The molecule has 0 saturated heterocycles. The molecule has 0 bridgehead atoms. The third kappa shape index (κ3) is 2.20. The molecule has 0 N–H and O–H groups in total. The number of hydrogen-bond donors (Lipinski definition) is 0. The lowest BCUT2D eigenvalue weighted by Gasteiger charge is -2.08. The summed E-state index contributed by atoms with van der Waals surface area (Å²) in [4.78, 5) is 8.89. The summed E-state index contributed by atoms with van der Waals surface area (Å²) >= 11 is 5.58. The van der Waals surface area contributed by atoms with Crippen LogP contribution >= 0.6 is 11.6 Å². The van der Waals surface area contributed by atoms with E-state index < -0.39 is 39.4 Å². The standard InChI is InChI=1S/C12H4ClF4NO2/c13-6-3-1-5(2-4-6)7-8(14)10(16)12(18(19)20)11(17)9(7)15/h1-4H. The smallest absolute Gasteiger partial charge is 0.258 e. The van der Waals surface area contributed by atoms with Crippen molar-refractivity contribution in [2.75, 3.05) is 0 Å². The first kappa shape index (κ1) is 14.3. The van der Waals surface area contributed by atoms with Gasteiger partial charge in [-0.3, -0.25) is 10.1 Å². The zero-order valence-electron chi connectivity index (χ0n) is 9.46. The highest BCUT2D eigenvalue weighted by atomic mass is 35.5. The van der Waals surface area contributed by atoms with Crippen LogP contribution in [0.25, 0.3) is 11.1 Å². The Morgan fingerprint density at radius 3 is 1.75 bits per heavy atom. The molecule has 0 aliphatic rings. The van der Waals surface area contributed by atoms with Crippen LogP contribution in [0.15, 0.2) is 24.3 Å². The largest absolute Gasteiger partial charge is 0.346 e. The minimum Gasteiger partial charge on any atom is -0.258 e. The molecule has 0 aliphatic carbocycles. The molecule has 0 saturated carbocycles. The van der Waals surface area contributed by atoms with Crippen molar-refractivity contribution in [3.05, 3.63) is 62.7 Å². The average Bonchev–Trinajstić information content (AvgIpc) is 2.39. The second-order valence-corrected chi connectivity index (χ2v) is 4.18. The first-order valence-electron chi connectivity index (χ1n) is 5.11. The van der Waals surface area contributed by atoms with Crippen molar-refractivity contribution in [2.24, 2.45) is 0 Å². The van der Waals surface area contributed by atoms with Gasteiger partial charge in [-0.2, -0.15) is 8.78 Å². The van der Waals surface area contributed by atoms with Gasteiger partial charge in [-0.15, -0.1) is 0 Å². The van der Waals surface area contributed by atoms with Gasteiger partial charge in [-0.05, 0) is 17.7 Å². The minimum absolute atomic E-state index is 0.197. The highest BCUT2D eigenvalue weighted by molar-refractivity contribution is 6.30. The zero-order chi connectivity index (χ0) is 15.0. The minimum atomic E-state index is -2.06. The van der Waals surface area contributed by atoms with E-state index in [0.29, 0.717) is 0 Å². The summed E-state index contributed by atoms with van der Waals surface area (Å²) in [7, 11) is 0. The van der Waals surface area contributed by atoms with Gasteiger partial charge >= 0.3 is 5.69 Å². The number of benzene rings is 2. The monoisotopic (exact) mass is 305 g/mol. The molecule has 20 heavy (non-hydrogen) atoms. The van der Waals surface area contributed by atoms with E-state index >= 15 is 0 Å². The van der Waals surface area contributed by atoms with Gasteiger partial charge in [-0.25, -0.2) is 8.78 Å². The van der Waals surface area contributed by atoms with Crippen molar-refractivity contribution < 1.29 is 22.5 Å². The van der Waals surface area contributed by atoms with Gasteiger partial charge < -0.3 is 0 Å². The van der Waals surface area contributed by atoms with Gasteiger partial charge in [0.15, 0.2) is 11.6 Å². The summed E-state index contributed by atoms with van der Waals surface area (Å²) in [5.74, 6) is -7.78. The van der Waals surface area contributed by atoms with E-state index in [0.717, 1.165) is 12.1 Å². The van der Waals surface area contributed by atoms with Crippen molar-refractivity contribution >= 4 is 17.3 Å². The molecule has 3 nitrogen and oxygen atoms in total. The molecule has 2 rings (SSSR count). The first-order chi connectivity index (χ1) is 9.34. The van der Waals surface area contributed by atoms with Gasteiger partial charge in [0, 0.05) is 5.02 Å². The fourth-order valence-electron chi connectivity index (χ4n) is 1.65. The molecule has 0 atom stereocenters. The highest BCUT2D eigenvalue weighted by Crippen LogP contribution is 2.35. The van der Waals surface area contributed by atoms with E-state index in [-0.39, 0.29) is 10.6 Å². The Morgan fingerprint density at radius 1 is 0.900 bits per heavy atom. The first-order valence-corrected chi connectivity index (χ1v) is 5.48. The summed E-state index contributed by atoms with van der Waals surface area (Å²) in [5, 5.41) is 10.7. The SMILES string of the molecule is O=[N+]([O-])c1c(F)c(F)c(-c2ccc(Cl)cc2)c(F)c1F. The van der Waals surface area contributed by atoms with Crippen molar-refractivity contribution in [2.45, 2.75) is 0 Å². The predicted molar refractivity (Wildman–Crippen MR) is 63.4 cm³/mol. The van der Waals surface area contributed by atoms with Crippen LogP contribution in [0.1, 0.15) is 0 Å². The van der Waals surface area contributed by atoms with Gasteiger partial charge in [-0.1, -0.05) is 23.7 Å². The normalized spacial score (nSPS) is 10.7. The third-order valence-electron chi connectivity index (χ3n) is 2.56. The molecule has 0 unspecified atom stereocenters. The maximum absolute atomic E-state index is 13.7. The fraction of sp³-hybridized carbons (Fsp3) is 0. The van der Waals surface area contributed by atoms with Crippen LogP contribution in [0.3, 0.4) is 0 Å². The lowest BCUT2D eigenvalue weighted by molar-refractivity contribution is -0.390. The summed E-state index contributed by atoms with van der Waals surface area (Å²) in [6.45, 7) is 0. The summed E-state index contributed by atoms with van der Waals surface area (Å²) in [6.07, 6.45) is 0. The number of halogens is 5. The summed E-state index contributed by atoms with van der Waals surface area (Å²) < 4.78 is 54.4. The number of nitro groups is 1. The second-order valence-electron chi connectivity index (χ2n) is 3.74. The van der Waals surface area contributed by atoms with E-state index in [1.807, 2.05) is 0 Å². The lowest BCUT2D eigenvalue weighted by Crippen LogP contribution is -2.05. The molecule has 0 radical (unpaired) electrons. The Hall–Kier alpha value is -2.15. The molecule has 0 fully saturated rings. The van der Waals surface area contributed by atoms with Crippen LogP contribution in [0.2, 0.25) is 5.02 Å². The number of hydrogen-bond acceptors (Lipinski definition) is 2. The quantitative estimate of drug-likeness (QED) is 0.355. The Balaban J connectivity index is 2.79. The van der Waals surface area contributed by atoms with Crippen molar-refractivity contribution in [1.29, 1.82) is 0 Å². The van der Waals surface area contributed by atoms with Gasteiger partial charge in [0.05, 0.1) is 10.5 Å². The lowest BCUT2D eigenvalue weighted by atomic mass is 10.0. The molecular formula is C12H4ClF4NO2. The zero-order valence-corrected chi connectivity index (χ0v) is 10.2. The molecule has 0 amide bonds. The summed E-state index contributed by atoms with van der Waals surface area (Å²) in [6, 6.07) is 4.78. The van der Waals surface area contributed by atoms with Gasteiger partial charge in [0.1, 0.15) is 0 Å². The molecule has 0 spiro atoms. The molecule has 8 heteroatoms. The van der Waals surface area contributed by atoms with Crippen LogP contribution in [0.5, 0.6) is 0 Å². The Bertz CT molecular complexity index is 675. The van der Waals surface area contributed by atoms with E-state index in [9.17, 15) is 27.7 Å². The topological polar surface area (TPSA) is 43.1 Å². The molecule has 0 heterocycles. The molecular weight excluding hydrogens is 302 g/mol. The highest BCUT2D eigenvalue weighted by Gasteiger charge is 2.33. The van der Waals surface area contributed by atoms with E-state index in [1.54, 1.807) is 0 Å². The molecule has 104 valence electrons. The second kappa shape index (κ2) is 5.09. The van der Waals surface area contributed by atoms with E-state index in [1.165, 1.54) is 12.1 Å². The molecule has 2 aromatic rings. The van der Waals surface area contributed by atoms with Crippen LogP contribution in [-0.2, 0) is 0 Å². The van der Waals surface area contributed by atoms with Crippen LogP contribution in [0.4, 0.5) is 23.2 Å². The Labute approximate surface area is 114 Å². The van der Waals surface area contributed by atoms with Gasteiger partial charge in [0.25, 0.3) is 0 Å². The van der Waals surface area contributed by atoms with E-state index in [4.69, 9.17) is 11.6 Å². The number of rotatable bonds is 2. The number of nitrogens with zero attached hydrogens (tertiary/aromatic N) is 1. The van der Waals surface area contributed by atoms with Crippen molar-refractivity contribution in [3.8, 4) is 11.1 Å². The third-order valence-corrected chi connectivity index (χ3v) is 2.81. The molecule has 0 aromatic heterocycles. The maximum atomic E-state index is 13.7. The maximum Gasteiger partial charge on any atom is 0.346 e. The van der Waals surface area contributed by atoms with Crippen LogP contribution < -0.4 is 0 Å². The fourth-order valence-corrected chi connectivity index (χ4v) is 1.78. The van der Waals surface area contributed by atoms with Crippen LogP contribution in [-0.4, -0.2) is 4.92 Å². The molecule has 2 aromatic carbocycles. The predicted octanol–water partition coefficient (Wildman–Crippen LogP) is 4.47. The average molecular weight is 306 g/mol. The van der Waals surface area contributed by atoms with Gasteiger partial charge in [0.2, 0.25) is 11.6 Å². The molecule has 0 aliphatic heterocycles. The Morgan fingerprint density at radius 2 is 1.35 bits per heavy atom. The summed E-state index contributed by atoms with van der Waals surface area (Å²) in [5.41, 5.74) is -3.09. The van der Waals surface area contributed by atoms with Crippen molar-refractivity contribution in [1.82, 2.24) is 0 Å². The van der Waals surface area contributed by atoms with Crippen molar-refractivity contribution in [3.63, 3.8) is 0 Å². The Kier molecular flexibility index (Phi) is 3.63. The van der Waals surface area contributed by atoms with Crippen LogP contribution in [0, 0.1) is 33.4 Å². The number of nitro benzene ring substituents is 1. The van der Waals surface area contributed by atoms with E-state index in [2.05, 4.69) is 0 Å².